The molecule has 0 saturated heterocycles. The molecule has 1 saturated carbocycles. The fourth-order valence-electron chi connectivity index (χ4n) is 4.81. The van der Waals surface area contributed by atoms with E-state index in [0.717, 1.165) is 43.4 Å². The lowest BCUT2D eigenvalue weighted by Crippen LogP contribution is -2.21. The van der Waals surface area contributed by atoms with E-state index in [2.05, 4.69) is 4.72 Å². The van der Waals surface area contributed by atoms with Crippen LogP contribution < -0.4 is 10.3 Å². The van der Waals surface area contributed by atoms with Crippen molar-refractivity contribution in [2.24, 2.45) is 5.92 Å². The van der Waals surface area contributed by atoms with Crippen molar-refractivity contribution in [3.05, 3.63) is 71.9 Å². The minimum Gasteiger partial charge on any atom is -0.506 e. The molecule has 0 bridgehead atoms. The fraction of sp³-hybridized carbons (Fsp3) is 0.360. The van der Waals surface area contributed by atoms with Crippen molar-refractivity contribution in [1.29, 1.82) is 0 Å². The van der Waals surface area contributed by atoms with Crippen LogP contribution in [-0.4, -0.2) is 19.3 Å². The second-order valence-corrected chi connectivity index (χ2v) is 13.1. The molecular formula is C25H23Cl2NO6S2. The number of halogens is 2. The van der Waals surface area contributed by atoms with E-state index in [1.165, 1.54) is 6.07 Å². The summed E-state index contributed by atoms with van der Waals surface area (Å²) in [6.45, 7) is 0. The SMILES string of the molecule is O=C1CCCCCc2oc(=O)c(C(c3cccc(NS(=O)(=O)c4cc(Cl)sc4Cl)c3)C3CC3)c(O)c21. The van der Waals surface area contributed by atoms with Crippen LogP contribution in [0.5, 0.6) is 5.75 Å². The quantitative estimate of drug-likeness (QED) is 0.358. The summed E-state index contributed by atoms with van der Waals surface area (Å²) >= 11 is 12.9. The number of carbonyl (C=O) groups is 1. The van der Waals surface area contributed by atoms with Gasteiger partial charge in [0.05, 0.1) is 15.5 Å². The molecule has 0 spiro atoms. The minimum absolute atomic E-state index is 0.0486. The molecule has 36 heavy (non-hydrogen) atoms. The Labute approximate surface area is 222 Å². The zero-order valence-corrected chi connectivity index (χ0v) is 22.2. The lowest BCUT2D eigenvalue weighted by Gasteiger charge is -2.21. The number of hydrogen-bond donors (Lipinski definition) is 2. The lowest BCUT2D eigenvalue weighted by atomic mass is 9.85. The Morgan fingerprint density at radius 3 is 2.53 bits per heavy atom. The van der Waals surface area contributed by atoms with Crippen LogP contribution in [0.25, 0.3) is 0 Å². The second kappa shape index (κ2) is 9.85. The summed E-state index contributed by atoms with van der Waals surface area (Å²) in [5, 5.41) is 11.2. The summed E-state index contributed by atoms with van der Waals surface area (Å²) in [7, 11) is -4.01. The zero-order chi connectivity index (χ0) is 25.6. The van der Waals surface area contributed by atoms with E-state index in [4.69, 9.17) is 27.6 Å². The van der Waals surface area contributed by atoms with Gasteiger partial charge >= 0.3 is 5.63 Å². The van der Waals surface area contributed by atoms with Crippen molar-refractivity contribution < 1.29 is 22.7 Å². The van der Waals surface area contributed by atoms with Gasteiger partial charge in [-0.1, -0.05) is 41.8 Å². The van der Waals surface area contributed by atoms with Gasteiger partial charge in [-0.05, 0) is 55.4 Å². The molecular weight excluding hydrogens is 545 g/mol. The first kappa shape index (κ1) is 25.3. The third kappa shape index (κ3) is 4.94. The van der Waals surface area contributed by atoms with Crippen LogP contribution in [0.15, 0.2) is 44.4 Å². The number of sulfonamides is 1. The molecule has 1 aromatic carbocycles. The number of fused-ring (bicyclic) bond motifs is 1. The van der Waals surface area contributed by atoms with E-state index in [1.54, 1.807) is 24.3 Å². The van der Waals surface area contributed by atoms with Crippen LogP contribution in [0.4, 0.5) is 5.69 Å². The number of aryl methyl sites for hydroxylation is 1. The van der Waals surface area contributed by atoms with Crippen LogP contribution in [0.3, 0.4) is 0 Å². The number of carbonyl (C=O) groups excluding carboxylic acids is 1. The van der Waals surface area contributed by atoms with Crippen molar-refractivity contribution in [2.45, 2.75) is 55.8 Å². The Morgan fingerprint density at radius 2 is 1.83 bits per heavy atom. The van der Waals surface area contributed by atoms with Gasteiger partial charge in [0.15, 0.2) is 5.78 Å². The van der Waals surface area contributed by atoms with E-state index >= 15 is 0 Å². The lowest BCUT2D eigenvalue weighted by molar-refractivity contribution is 0.0968. The van der Waals surface area contributed by atoms with E-state index in [1.807, 2.05) is 0 Å². The van der Waals surface area contributed by atoms with Crippen LogP contribution >= 0.6 is 34.5 Å². The number of rotatable bonds is 6. The highest BCUT2D eigenvalue weighted by molar-refractivity contribution is 7.93. The maximum atomic E-state index is 13.1. The van der Waals surface area contributed by atoms with Crippen LogP contribution in [-0.2, 0) is 16.4 Å². The Balaban J connectivity index is 1.56. The molecule has 2 aliphatic rings. The van der Waals surface area contributed by atoms with Gasteiger partial charge < -0.3 is 9.52 Å². The van der Waals surface area contributed by atoms with Gasteiger partial charge in [-0.2, -0.15) is 0 Å². The molecule has 3 aromatic rings. The highest BCUT2D eigenvalue weighted by atomic mass is 35.5. The molecule has 2 aromatic heterocycles. The van der Waals surface area contributed by atoms with Gasteiger partial charge in [-0.25, -0.2) is 13.2 Å². The Bertz CT molecular complexity index is 1510. The van der Waals surface area contributed by atoms with Gasteiger partial charge in [-0.3, -0.25) is 9.52 Å². The monoisotopic (exact) mass is 567 g/mol. The summed E-state index contributed by atoms with van der Waals surface area (Å²) in [5.41, 5.74) is 0.395. The van der Waals surface area contributed by atoms with Crippen molar-refractivity contribution in [3.63, 3.8) is 0 Å². The summed E-state index contributed by atoms with van der Waals surface area (Å²) < 4.78 is 34.2. The molecule has 7 nitrogen and oxygen atoms in total. The highest BCUT2D eigenvalue weighted by Gasteiger charge is 2.39. The molecule has 5 rings (SSSR count). The zero-order valence-electron chi connectivity index (χ0n) is 19.1. The fourth-order valence-corrected chi connectivity index (χ4v) is 8.01. The number of nitrogens with one attached hydrogen (secondary N) is 1. The second-order valence-electron chi connectivity index (χ2n) is 9.17. The molecule has 190 valence electrons. The standard InChI is InChI=1S/C25H23Cl2NO6S2/c26-19-12-18(24(27)35-19)36(32,33)28-15-6-4-5-14(11-15)20(13-9-10-13)22-23(30)21-16(29)7-2-1-3-8-17(21)34-25(22)31/h4-6,11-13,20,28,30H,1-3,7-10H2. The minimum atomic E-state index is -4.01. The summed E-state index contributed by atoms with van der Waals surface area (Å²) in [4.78, 5) is 25.8. The molecule has 2 aliphatic carbocycles. The average molecular weight is 569 g/mol. The molecule has 2 N–H and O–H groups in total. The molecule has 1 atom stereocenters. The number of benzene rings is 1. The first-order valence-corrected chi connectivity index (χ1v) is 14.7. The maximum absolute atomic E-state index is 13.1. The summed E-state index contributed by atoms with van der Waals surface area (Å²) in [6, 6.07) is 7.93. The number of thiophene rings is 1. The van der Waals surface area contributed by atoms with E-state index in [9.17, 15) is 23.1 Å². The molecule has 0 amide bonds. The van der Waals surface area contributed by atoms with Crippen molar-refractivity contribution >= 4 is 56.0 Å². The number of ketones is 1. The van der Waals surface area contributed by atoms with Crippen LogP contribution in [0.1, 0.15) is 71.7 Å². The molecule has 11 heteroatoms. The number of anilines is 1. The van der Waals surface area contributed by atoms with Gasteiger partial charge in [-0.15, -0.1) is 11.3 Å². The number of aromatic hydroxyl groups is 1. The van der Waals surface area contributed by atoms with Gasteiger partial charge in [0, 0.05) is 24.4 Å². The van der Waals surface area contributed by atoms with Gasteiger partial charge in [0.2, 0.25) is 0 Å². The van der Waals surface area contributed by atoms with Crippen molar-refractivity contribution in [2.75, 3.05) is 4.72 Å². The third-order valence-electron chi connectivity index (χ3n) is 6.61. The normalized spacial score (nSPS) is 17.2. The molecule has 1 fully saturated rings. The van der Waals surface area contributed by atoms with Crippen molar-refractivity contribution in [1.82, 2.24) is 0 Å². The summed E-state index contributed by atoms with van der Waals surface area (Å²) in [6.07, 6.45) is 4.71. The topological polar surface area (TPSA) is 114 Å². The first-order chi connectivity index (χ1) is 17.2. The first-order valence-electron chi connectivity index (χ1n) is 11.7. The van der Waals surface area contributed by atoms with Crippen LogP contribution in [0, 0.1) is 5.92 Å². The molecule has 1 unspecified atom stereocenters. The molecule has 0 radical (unpaired) electrons. The van der Waals surface area contributed by atoms with E-state index < -0.39 is 21.6 Å². The highest BCUT2D eigenvalue weighted by Crippen LogP contribution is 2.49. The predicted molar refractivity (Wildman–Crippen MR) is 139 cm³/mol. The molecule has 0 aliphatic heterocycles. The Hall–Kier alpha value is -2.33. The van der Waals surface area contributed by atoms with Crippen LogP contribution in [0.2, 0.25) is 8.67 Å². The maximum Gasteiger partial charge on any atom is 0.343 e. The van der Waals surface area contributed by atoms with E-state index in [-0.39, 0.29) is 60.0 Å². The van der Waals surface area contributed by atoms with Crippen molar-refractivity contribution in [3.8, 4) is 5.75 Å². The van der Waals surface area contributed by atoms with Gasteiger partial charge in [0.1, 0.15) is 20.7 Å². The van der Waals surface area contributed by atoms with E-state index in [0.29, 0.717) is 12.0 Å². The Kier molecular flexibility index (Phi) is 6.93. The predicted octanol–water partition coefficient (Wildman–Crippen LogP) is 6.36. The smallest absolute Gasteiger partial charge is 0.343 e. The number of Topliss-reactive ketones (excluding diaryl/α,β-unsaturated/α-hetero) is 1. The number of hydrogen-bond acceptors (Lipinski definition) is 7. The Morgan fingerprint density at radius 1 is 1.08 bits per heavy atom. The third-order valence-corrected chi connectivity index (χ3v) is 9.74. The van der Waals surface area contributed by atoms with Gasteiger partial charge in [0.25, 0.3) is 10.0 Å². The largest absolute Gasteiger partial charge is 0.506 e. The summed E-state index contributed by atoms with van der Waals surface area (Å²) in [5.74, 6) is -0.787. The average Bonchev–Trinajstić information content (AvgIpc) is 3.57. The molecule has 2 heterocycles.